The second-order valence-electron chi connectivity index (χ2n) is 7.07. The highest BCUT2D eigenvalue weighted by atomic mass is 16.5. The molecule has 0 unspecified atom stereocenters. The second-order valence-corrected chi connectivity index (χ2v) is 7.07. The van der Waals surface area contributed by atoms with Crippen LogP contribution in [-0.4, -0.2) is 18.2 Å². The number of hydrazone groups is 1. The van der Waals surface area contributed by atoms with Gasteiger partial charge in [0.05, 0.1) is 5.71 Å². The first-order chi connectivity index (χ1) is 12.4. The number of para-hydroxylation sites is 1. The van der Waals surface area contributed by atoms with Crippen molar-refractivity contribution in [3.63, 3.8) is 0 Å². The number of amides is 1. The monoisotopic (exact) mass is 350 g/mol. The first-order valence-corrected chi connectivity index (χ1v) is 8.65. The van der Waals surface area contributed by atoms with Gasteiger partial charge in [-0.25, -0.2) is 5.43 Å². The first-order valence-electron chi connectivity index (χ1n) is 8.65. The summed E-state index contributed by atoms with van der Waals surface area (Å²) in [5.41, 5.74) is 5.32. The summed E-state index contributed by atoms with van der Waals surface area (Å²) >= 11 is 0. The first kappa shape index (κ1) is 19.4. The standard InChI is InChI=1S/C22H26N2O2/c1-17(14-15-18-10-6-5-7-11-18)23-24-21(25)16-26-20-13-9-8-12-19(20)22(2,3)4/h5-15H,16H2,1-4H3,(H,24,25)/b15-14+,23-17+. The molecular formula is C22H26N2O2. The predicted molar refractivity (Wildman–Crippen MR) is 107 cm³/mol. The van der Waals surface area contributed by atoms with Crippen LogP contribution < -0.4 is 10.2 Å². The minimum Gasteiger partial charge on any atom is -0.483 e. The fourth-order valence-electron chi connectivity index (χ4n) is 2.36. The van der Waals surface area contributed by atoms with E-state index >= 15 is 0 Å². The Bertz CT molecular complexity index is 787. The maximum Gasteiger partial charge on any atom is 0.277 e. The maximum atomic E-state index is 12.0. The molecule has 1 amide bonds. The van der Waals surface area contributed by atoms with Crippen LogP contribution >= 0.6 is 0 Å². The Morgan fingerprint density at radius 3 is 2.42 bits per heavy atom. The summed E-state index contributed by atoms with van der Waals surface area (Å²) in [6.45, 7) is 8.09. The summed E-state index contributed by atoms with van der Waals surface area (Å²) in [5.74, 6) is 0.431. The van der Waals surface area contributed by atoms with Gasteiger partial charge in [-0.05, 0) is 35.6 Å². The zero-order valence-corrected chi connectivity index (χ0v) is 15.8. The number of nitrogens with zero attached hydrogens (tertiary/aromatic N) is 1. The van der Waals surface area contributed by atoms with Gasteiger partial charge in [-0.2, -0.15) is 5.10 Å². The molecule has 0 aliphatic carbocycles. The normalized spacial score (nSPS) is 12.2. The number of carbonyl (C=O) groups is 1. The molecular weight excluding hydrogens is 324 g/mol. The molecule has 0 atom stereocenters. The zero-order valence-electron chi connectivity index (χ0n) is 15.8. The zero-order chi connectivity index (χ0) is 19.0. The van der Waals surface area contributed by atoms with Crippen molar-refractivity contribution in [2.45, 2.75) is 33.1 Å². The maximum absolute atomic E-state index is 12.0. The number of ether oxygens (including phenoxy) is 1. The Balaban J connectivity index is 1.89. The van der Waals surface area contributed by atoms with E-state index in [-0.39, 0.29) is 17.9 Å². The average Bonchev–Trinajstić information content (AvgIpc) is 2.63. The van der Waals surface area contributed by atoms with E-state index in [0.29, 0.717) is 5.71 Å². The van der Waals surface area contributed by atoms with E-state index in [1.54, 1.807) is 0 Å². The SMILES string of the molecule is CC(/C=C/c1ccccc1)=N\NC(=O)COc1ccccc1C(C)(C)C. The van der Waals surface area contributed by atoms with E-state index in [4.69, 9.17) is 4.74 Å². The van der Waals surface area contributed by atoms with Crippen molar-refractivity contribution >= 4 is 17.7 Å². The summed E-state index contributed by atoms with van der Waals surface area (Å²) in [6, 6.07) is 17.7. The number of hydrogen-bond donors (Lipinski definition) is 1. The predicted octanol–water partition coefficient (Wildman–Crippen LogP) is 4.57. The fourth-order valence-corrected chi connectivity index (χ4v) is 2.36. The topological polar surface area (TPSA) is 50.7 Å². The lowest BCUT2D eigenvalue weighted by Gasteiger charge is -2.22. The molecule has 4 heteroatoms. The molecule has 2 rings (SSSR count). The van der Waals surface area contributed by atoms with Gasteiger partial charge in [-0.15, -0.1) is 0 Å². The van der Waals surface area contributed by atoms with Gasteiger partial charge in [0.25, 0.3) is 5.91 Å². The van der Waals surface area contributed by atoms with Crippen LogP contribution in [0.4, 0.5) is 0 Å². The van der Waals surface area contributed by atoms with E-state index in [1.807, 2.05) is 73.7 Å². The van der Waals surface area contributed by atoms with Crippen LogP contribution in [0.15, 0.2) is 65.8 Å². The van der Waals surface area contributed by atoms with E-state index < -0.39 is 0 Å². The second kappa shape index (κ2) is 8.99. The van der Waals surface area contributed by atoms with Crippen molar-refractivity contribution in [1.82, 2.24) is 5.43 Å². The molecule has 0 spiro atoms. The summed E-state index contributed by atoms with van der Waals surface area (Å²) in [5, 5.41) is 4.07. The molecule has 26 heavy (non-hydrogen) atoms. The molecule has 0 aliphatic heterocycles. The van der Waals surface area contributed by atoms with Crippen LogP contribution in [0.3, 0.4) is 0 Å². The summed E-state index contributed by atoms with van der Waals surface area (Å²) in [6.07, 6.45) is 3.80. The number of carbonyl (C=O) groups excluding carboxylic acids is 1. The largest absolute Gasteiger partial charge is 0.483 e. The van der Waals surface area contributed by atoms with Crippen molar-refractivity contribution in [2.24, 2.45) is 5.10 Å². The third-order valence-corrected chi connectivity index (χ3v) is 3.73. The van der Waals surface area contributed by atoms with Crippen molar-refractivity contribution in [2.75, 3.05) is 6.61 Å². The number of benzene rings is 2. The van der Waals surface area contributed by atoms with Crippen LogP contribution in [-0.2, 0) is 10.2 Å². The molecule has 0 aliphatic rings. The highest BCUT2D eigenvalue weighted by molar-refractivity contribution is 5.97. The molecule has 0 radical (unpaired) electrons. The molecule has 2 aromatic carbocycles. The van der Waals surface area contributed by atoms with Gasteiger partial charge in [0.15, 0.2) is 6.61 Å². The third kappa shape index (κ3) is 6.20. The molecule has 4 nitrogen and oxygen atoms in total. The molecule has 136 valence electrons. The van der Waals surface area contributed by atoms with Gasteiger partial charge in [0, 0.05) is 0 Å². The Morgan fingerprint density at radius 2 is 1.73 bits per heavy atom. The number of hydrogen-bond acceptors (Lipinski definition) is 3. The molecule has 1 N–H and O–H groups in total. The quantitative estimate of drug-likeness (QED) is 0.613. The molecule has 0 saturated carbocycles. The number of nitrogens with one attached hydrogen (secondary N) is 1. The van der Waals surface area contributed by atoms with E-state index in [2.05, 4.69) is 31.3 Å². The highest BCUT2D eigenvalue weighted by Crippen LogP contribution is 2.30. The van der Waals surface area contributed by atoms with E-state index in [9.17, 15) is 4.79 Å². The smallest absolute Gasteiger partial charge is 0.277 e. The summed E-state index contributed by atoms with van der Waals surface area (Å²) < 4.78 is 5.69. The van der Waals surface area contributed by atoms with Crippen molar-refractivity contribution in [3.05, 3.63) is 71.8 Å². The van der Waals surface area contributed by atoms with Crippen LogP contribution in [0, 0.1) is 0 Å². The van der Waals surface area contributed by atoms with Gasteiger partial charge in [-0.3, -0.25) is 4.79 Å². The molecule has 0 saturated heterocycles. The lowest BCUT2D eigenvalue weighted by atomic mass is 9.86. The Hall–Kier alpha value is -2.88. The molecule has 0 heterocycles. The van der Waals surface area contributed by atoms with E-state index in [0.717, 1.165) is 16.9 Å². The minimum atomic E-state index is -0.291. The third-order valence-electron chi connectivity index (χ3n) is 3.73. The molecule has 2 aromatic rings. The fraction of sp³-hybridized carbons (Fsp3) is 0.273. The Labute approximate surface area is 155 Å². The molecule has 0 fully saturated rings. The van der Waals surface area contributed by atoms with Crippen LogP contribution in [0.5, 0.6) is 5.75 Å². The summed E-state index contributed by atoms with van der Waals surface area (Å²) in [4.78, 5) is 12.0. The van der Waals surface area contributed by atoms with Gasteiger partial charge in [0.2, 0.25) is 0 Å². The Kier molecular flexibility index (Phi) is 6.73. The number of rotatable bonds is 6. The van der Waals surface area contributed by atoms with Gasteiger partial charge >= 0.3 is 0 Å². The average molecular weight is 350 g/mol. The lowest BCUT2D eigenvalue weighted by molar-refractivity contribution is -0.123. The highest BCUT2D eigenvalue weighted by Gasteiger charge is 2.18. The molecule has 0 bridgehead atoms. The van der Waals surface area contributed by atoms with Crippen molar-refractivity contribution in [1.29, 1.82) is 0 Å². The van der Waals surface area contributed by atoms with Crippen molar-refractivity contribution < 1.29 is 9.53 Å². The summed E-state index contributed by atoms with van der Waals surface area (Å²) in [7, 11) is 0. The van der Waals surface area contributed by atoms with Crippen LogP contribution in [0.25, 0.3) is 6.08 Å². The minimum absolute atomic E-state index is 0.0515. The van der Waals surface area contributed by atoms with Gasteiger partial charge < -0.3 is 4.74 Å². The van der Waals surface area contributed by atoms with Crippen molar-refractivity contribution in [3.8, 4) is 5.75 Å². The Morgan fingerprint density at radius 1 is 1.08 bits per heavy atom. The van der Waals surface area contributed by atoms with Gasteiger partial charge in [-0.1, -0.05) is 75.4 Å². The van der Waals surface area contributed by atoms with E-state index in [1.165, 1.54) is 0 Å². The lowest BCUT2D eigenvalue weighted by Crippen LogP contribution is -2.26. The van der Waals surface area contributed by atoms with Gasteiger partial charge in [0.1, 0.15) is 5.75 Å². The molecule has 0 aromatic heterocycles. The number of allylic oxidation sites excluding steroid dienone is 1. The van der Waals surface area contributed by atoms with Crippen LogP contribution in [0.2, 0.25) is 0 Å². The van der Waals surface area contributed by atoms with Crippen LogP contribution in [0.1, 0.15) is 38.8 Å².